The van der Waals surface area contributed by atoms with Crippen LogP contribution in [0.5, 0.6) is 0 Å². The number of aromatic nitrogens is 1. The largest absolute Gasteiger partial charge is 0.348 e. The number of hydrogen-bond acceptors (Lipinski definition) is 2. The lowest BCUT2D eigenvalue weighted by molar-refractivity contribution is 0.269. The van der Waals surface area contributed by atoms with Crippen LogP contribution in [-0.2, 0) is 6.42 Å². The van der Waals surface area contributed by atoms with Gasteiger partial charge in [-0.1, -0.05) is 13.8 Å². The second-order valence-electron chi connectivity index (χ2n) is 7.22. The van der Waals surface area contributed by atoms with Gasteiger partial charge in [0.15, 0.2) is 0 Å². The molecule has 2 N–H and O–H groups in total. The number of rotatable bonds is 4. The van der Waals surface area contributed by atoms with Crippen molar-refractivity contribution < 1.29 is 0 Å². The van der Waals surface area contributed by atoms with E-state index < -0.39 is 0 Å². The van der Waals surface area contributed by atoms with Crippen LogP contribution < -0.4 is 5.73 Å². The minimum atomic E-state index is 0.209. The van der Waals surface area contributed by atoms with Crippen molar-refractivity contribution in [1.82, 2.24) is 9.47 Å². The van der Waals surface area contributed by atoms with Gasteiger partial charge in [-0.15, -0.1) is 0 Å². The summed E-state index contributed by atoms with van der Waals surface area (Å²) in [7, 11) is 4.27. The molecule has 0 saturated carbocycles. The highest BCUT2D eigenvalue weighted by Crippen LogP contribution is 2.40. The van der Waals surface area contributed by atoms with Crippen molar-refractivity contribution in [2.24, 2.45) is 11.1 Å². The number of fused-ring (bicyclic) bond motifs is 1. The molecule has 1 aliphatic rings. The van der Waals surface area contributed by atoms with Crippen molar-refractivity contribution in [2.45, 2.75) is 52.1 Å². The molecule has 0 radical (unpaired) electrons. The highest BCUT2D eigenvalue weighted by atomic mass is 15.1. The van der Waals surface area contributed by atoms with E-state index in [0.29, 0.717) is 11.5 Å². The summed E-state index contributed by atoms with van der Waals surface area (Å²) in [5.41, 5.74) is 9.50. The van der Waals surface area contributed by atoms with Crippen molar-refractivity contribution in [2.75, 3.05) is 20.6 Å². The Morgan fingerprint density at radius 2 is 2.16 bits per heavy atom. The first-order chi connectivity index (χ1) is 8.80. The van der Waals surface area contributed by atoms with Crippen LogP contribution in [0.25, 0.3) is 0 Å². The summed E-state index contributed by atoms with van der Waals surface area (Å²) in [6.07, 6.45) is 5.67. The lowest BCUT2D eigenvalue weighted by Gasteiger charge is -2.35. The van der Waals surface area contributed by atoms with Crippen LogP contribution in [0.3, 0.4) is 0 Å². The maximum absolute atomic E-state index is 6.34. The summed E-state index contributed by atoms with van der Waals surface area (Å²) >= 11 is 0. The first kappa shape index (κ1) is 14.6. The second-order valence-corrected chi connectivity index (χ2v) is 7.22. The topological polar surface area (TPSA) is 34.2 Å². The maximum Gasteiger partial charge on any atom is 0.0318 e. The van der Waals surface area contributed by atoms with E-state index in [1.807, 2.05) is 0 Å². The van der Waals surface area contributed by atoms with E-state index in [1.54, 1.807) is 0 Å². The molecule has 0 fully saturated rings. The van der Waals surface area contributed by atoms with E-state index in [-0.39, 0.29) is 6.04 Å². The summed E-state index contributed by atoms with van der Waals surface area (Å²) in [6, 6.07) is 3.00. The van der Waals surface area contributed by atoms with Gasteiger partial charge < -0.3 is 15.2 Å². The third-order valence-corrected chi connectivity index (χ3v) is 4.35. The molecule has 3 nitrogen and oxygen atoms in total. The maximum atomic E-state index is 6.34. The first-order valence-electron chi connectivity index (χ1n) is 7.40. The Balaban J connectivity index is 2.20. The first-order valence-corrected chi connectivity index (χ1v) is 7.40. The van der Waals surface area contributed by atoms with Crippen LogP contribution in [0, 0.1) is 5.41 Å². The molecular formula is C16H29N3. The van der Waals surface area contributed by atoms with Gasteiger partial charge in [-0.3, -0.25) is 0 Å². The number of nitrogens with zero attached hydrogens (tertiary/aromatic N) is 2. The van der Waals surface area contributed by atoms with Crippen LogP contribution in [0.1, 0.15) is 57.0 Å². The molecule has 0 aromatic carbocycles. The highest BCUT2D eigenvalue weighted by molar-refractivity contribution is 5.30. The summed E-state index contributed by atoms with van der Waals surface area (Å²) < 4.78 is 2.46. The molecule has 2 rings (SSSR count). The van der Waals surface area contributed by atoms with Crippen molar-refractivity contribution in [3.63, 3.8) is 0 Å². The van der Waals surface area contributed by atoms with Crippen LogP contribution in [-0.4, -0.2) is 30.1 Å². The standard InChI is InChI=1S/C16H29N3/c1-12(6-8-18(4)5)19-9-7-13-14(17)10-16(2,3)11-15(13)19/h7,9,12,14H,6,8,10-11,17H2,1-5H3. The van der Waals surface area contributed by atoms with Gasteiger partial charge >= 0.3 is 0 Å². The van der Waals surface area contributed by atoms with Crippen molar-refractivity contribution in [3.8, 4) is 0 Å². The van der Waals surface area contributed by atoms with Gasteiger partial charge in [-0.2, -0.15) is 0 Å². The Kier molecular flexibility index (Phi) is 4.07. The van der Waals surface area contributed by atoms with E-state index in [2.05, 4.69) is 56.6 Å². The van der Waals surface area contributed by atoms with E-state index in [9.17, 15) is 0 Å². The SMILES string of the molecule is CC(CCN(C)C)n1ccc2c1CC(C)(C)CC2N. The van der Waals surface area contributed by atoms with Crippen molar-refractivity contribution in [1.29, 1.82) is 0 Å². The van der Waals surface area contributed by atoms with Crippen LogP contribution in [0.2, 0.25) is 0 Å². The fourth-order valence-electron chi connectivity index (χ4n) is 3.25. The van der Waals surface area contributed by atoms with E-state index in [0.717, 1.165) is 19.4 Å². The van der Waals surface area contributed by atoms with Crippen LogP contribution in [0.4, 0.5) is 0 Å². The Morgan fingerprint density at radius 3 is 2.79 bits per heavy atom. The van der Waals surface area contributed by atoms with Gasteiger partial charge in [-0.05, 0) is 63.9 Å². The Morgan fingerprint density at radius 1 is 1.47 bits per heavy atom. The lowest BCUT2D eigenvalue weighted by atomic mass is 9.74. The van der Waals surface area contributed by atoms with Gasteiger partial charge in [0.05, 0.1) is 0 Å². The monoisotopic (exact) mass is 263 g/mol. The van der Waals surface area contributed by atoms with Crippen LogP contribution >= 0.6 is 0 Å². The van der Waals surface area contributed by atoms with Gasteiger partial charge in [0, 0.05) is 24.0 Å². The van der Waals surface area contributed by atoms with E-state index >= 15 is 0 Å². The molecule has 0 aliphatic heterocycles. The van der Waals surface area contributed by atoms with Gasteiger partial charge in [0.25, 0.3) is 0 Å². The van der Waals surface area contributed by atoms with Gasteiger partial charge in [0.1, 0.15) is 0 Å². The smallest absolute Gasteiger partial charge is 0.0318 e. The molecule has 0 bridgehead atoms. The minimum absolute atomic E-state index is 0.209. The Bertz CT molecular complexity index is 431. The van der Waals surface area contributed by atoms with Crippen molar-refractivity contribution in [3.05, 3.63) is 23.5 Å². The Labute approximate surface area is 117 Å². The van der Waals surface area contributed by atoms with E-state index in [4.69, 9.17) is 5.73 Å². The summed E-state index contributed by atoms with van der Waals surface area (Å²) in [4.78, 5) is 2.25. The zero-order chi connectivity index (χ0) is 14.2. The quantitative estimate of drug-likeness (QED) is 0.906. The summed E-state index contributed by atoms with van der Waals surface area (Å²) in [5, 5.41) is 0. The molecule has 3 heteroatoms. The predicted octanol–water partition coefficient (Wildman–Crippen LogP) is 2.97. The molecule has 19 heavy (non-hydrogen) atoms. The normalized spacial score (nSPS) is 23.4. The fraction of sp³-hybridized carbons (Fsp3) is 0.750. The van der Waals surface area contributed by atoms with Crippen LogP contribution in [0.15, 0.2) is 12.3 Å². The summed E-state index contributed by atoms with van der Waals surface area (Å²) in [6.45, 7) is 8.11. The molecular weight excluding hydrogens is 234 g/mol. The third-order valence-electron chi connectivity index (χ3n) is 4.35. The highest BCUT2D eigenvalue weighted by Gasteiger charge is 2.32. The molecule has 0 amide bonds. The molecule has 2 unspecified atom stereocenters. The third kappa shape index (κ3) is 3.21. The second kappa shape index (κ2) is 5.29. The molecule has 0 spiro atoms. The van der Waals surface area contributed by atoms with Gasteiger partial charge in [0.2, 0.25) is 0 Å². The minimum Gasteiger partial charge on any atom is -0.348 e. The molecule has 0 saturated heterocycles. The molecule has 1 heterocycles. The predicted molar refractivity (Wildman–Crippen MR) is 81.3 cm³/mol. The molecule has 2 atom stereocenters. The molecule has 1 aromatic heterocycles. The van der Waals surface area contributed by atoms with Gasteiger partial charge in [-0.25, -0.2) is 0 Å². The average Bonchev–Trinajstić information content (AvgIpc) is 2.67. The molecule has 1 aromatic rings. The lowest BCUT2D eigenvalue weighted by Crippen LogP contribution is -2.31. The molecule has 108 valence electrons. The zero-order valence-electron chi connectivity index (χ0n) is 13.1. The fourth-order valence-corrected chi connectivity index (χ4v) is 3.25. The number of hydrogen-bond donors (Lipinski definition) is 1. The zero-order valence-corrected chi connectivity index (χ0v) is 13.1. The number of nitrogens with two attached hydrogens (primary N) is 1. The molecule has 1 aliphatic carbocycles. The van der Waals surface area contributed by atoms with E-state index in [1.165, 1.54) is 17.7 Å². The Hall–Kier alpha value is -0.800. The van der Waals surface area contributed by atoms with Crippen molar-refractivity contribution >= 4 is 0 Å². The summed E-state index contributed by atoms with van der Waals surface area (Å²) in [5.74, 6) is 0. The average molecular weight is 263 g/mol.